The molecule has 0 aromatic heterocycles. The Kier molecular flexibility index (Phi) is 53.4. The van der Waals surface area contributed by atoms with Crippen molar-refractivity contribution in [3.05, 3.63) is 60.8 Å². The zero-order valence-electron chi connectivity index (χ0n) is 50.0. The lowest BCUT2D eigenvalue weighted by Crippen LogP contribution is -2.47. The largest absolute Gasteiger partial charge is 0.472 e. The lowest BCUT2D eigenvalue weighted by molar-refractivity contribution is -0.870. The van der Waals surface area contributed by atoms with Crippen LogP contribution in [0.5, 0.6) is 0 Å². The van der Waals surface area contributed by atoms with Crippen LogP contribution >= 0.6 is 7.82 Å². The molecule has 9 nitrogen and oxygen atoms in total. The second-order valence-corrected chi connectivity index (χ2v) is 24.0. The summed E-state index contributed by atoms with van der Waals surface area (Å²) in [6.45, 7) is 6.98. The molecule has 1 amide bonds. The normalized spacial score (nSPS) is 14.1. The van der Waals surface area contributed by atoms with Crippen LogP contribution in [0.1, 0.15) is 290 Å². The molecule has 0 aromatic carbocycles. The van der Waals surface area contributed by atoms with Crippen LogP contribution in [0.15, 0.2) is 60.8 Å². The van der Waals surface area contributed by atoms with Crippen molar-refractivity contribution in [2.24, 2.45) is 0 Å². The van der Waals surface area contributed by atoms with E-state index in [1.807, 2.05) is 33.3 Å². The highest BCUT2D eigenvalue weighted by molar-refractivity contribution is 7.47. The van der Waals surface area contributed by atoms with E-state index in [1.165, 1.54) is 173 Å². The Hall–Kier alpha value is -2.29. The minimum Gasteiger partial charge on any atom is -0.456 e. The summed E-state index contributed by atoms with van der Waals surface area (Å²) in [6.07, 6.45) is 69.3. The predicted octanol–water partition coefficient (Wildman–Crippen LogP) is 19.4. The minimum atomic E-state index is -4.46. The van der Waals surface area contributed by atoms with Crippen LogP contribution in [0.4, 0.5) is 0 Å². The number of allylic oxidation sites excluding steroid dienone is 9. The van der Waals surface area contributed by atoms with Gasteiger partial charge in [-0.15, -0.1) is 0 Å². The van der Waals surface area contributed by atoms with Crippen LogP contribution in [-0.2, 0) is 27.9 Å². The van der Waals surface area contributed by atoms with Crippen LogP contribution in [0.3, 0.4) is 0 Å². The summed E-state index contributed by atoms with van der Waals surface area (Å²) in [6, 6.07) is -0.864. The van der Waals surface area contributed by atoms with Gasteiger partial charge in [-0.1, -0.05) is 262 Å². The first-order chi connectivity index (χ1) is 36.4. The fraction of sp³-hybridized carbons (Fsp3) is 0.815. The number of hydrogen-bond acceptors (Lipinski definition) is 6. The van der Waals surface area contributed by atoms with Crippen LogP contribution in [0.25, 0.3) is 0 Å². The van der Waals surface area contributed by atoms with Gasteiger partial charge in [-0.25, -0.2) is 4.57 Å². The molecule has 0 saturated carbocycles. The van der Waals surface area contributed by atoms with Gasteiger partial charge < -0.3 is 19.4 Å². The molecular formula is C65H122N2O7P+. The number of likely N-dealkylation sites (N-methyl/N-ethyl adjacent to an activating group) is 1. The number of esters is 1. The third-order valence-electron chi connectivity index (χ3n) is 14.0. The van der Waals surface area contributed by atoms with E-state index >= 15 is 0 Å². The third-order valence-corrected chi connectivity index (χ3v) is 14.9. The van der Waals surface area contributed by atoms with Crippen LogP contribution in [0, 0.1) is 0 Å². The number of nitrogens with zero attached hydrogens (tertiary/aromatic N) is 1. The molecule has 0 rings (SSSR count). The first-order valence-corrected chi connectivity index (χ1v) is 33.1. The van der Waals surface area contributed by atoms with Gasteiger partial charge in [0.25, 0.3) is 0 Å². The van der Waals surface area contributed by atoms with Crippen LogP contribution in [0.2, 0.25) is 0 Å². The Balaban J connectivity index is 5.33. The van der Waals surface area contributed by atoms with Crippen molar-refractivity contribution in [1.82, 2.24) is 5.32 Å². The molecule has 2 N–H and O–H groups in total. The van der Waals surface area contributed by atoms with Crippen molar-refractivity contribution in [3.8, 4) is 0 Å². The molecule has 0 aliphatic carbocycles. The standard InChI is InChI=1S/C65H121N2O7P/c1-7-10-13-16-19-22-25-28-30-32-33-35-36-39-42-45-48-51-54-57-64(68)66-62(61-73-75(70,71)72-60-59-67(4,5)6)63(56-53-50-47-44-41-38-27-24-21-18-15-12-9-3)74-65(69)58-55-52-49-46-43-40-37-34-31-29-26-23-20-17-14-11-8-2/h19,22,28,30,33,35,39,42,53,56,62-63H,7-18,20-21,23-27,29,31-32,34,36-38,40-41,43-52,54-55,57-61H2,1-6H3,(H-,66,68,70,71)/p+1/b22-19-,30-28-,35-33-,42-39-,56-53+. The number of phosphoric acid groups is 1. The smallest absolute Gasteiger partial charge is 0.456 e. The van der Waals surface area contributed by atoms with Gasteiger partial charge in [0, 0.05) is 12.8 Å². The first kappa shape index (κ1) is 72.7. The number of ether oxygens (including phenoxy) is 1. The van der Waals surface area contributed by atoms with Gasteiger partial charge in [0.2, 0.25) is 5.91 Å². The molecule has 0 saturated heterocycles. The summed E-state index contributed by atoms with van der Waals surface area (Å²) in [5.74, 6) is -0.532. The van der Waals surface area contributed by atoms with E-state index in [4.69, 9.17) is 13.8 Å². The Morgan fingerprint density at radius 3 is 1.25 bits per heavy atom. The molecule has 0 radical (unpaired) electrons. The number of carbonyl (C=O) groups is 2. The summed E-state index contributed by atoms with van der Waals surface area (Å²) in [7, 11) is 1.48. The Labute approximate surface area is 464 Å². The Bertz CT molecular complexity index is 1470. The van der Waals surface area contributed by atoms with Crippen molar-refractivity contribution in [2.45, 2.75) is 303 Å². The zero-order chi connectivity index (χ0) is 55.0. The lowest BCUT2D eigenvalue weighted by atomic mass is 10.0. The van der Waals surface area contributed by atoms with Crippen LogP contribution in [-0.4, -0.2) is 74.3 Å². The Morgan fingerprint density at radius 1 is 0.467 bits per heavy atom. The fourth-order valence-electron chi connectivity index (χ4n) is 9.04. The molecular weight excluding hydrogens is 952 g/mol. The highest BCUT2D eigenvalue weighted by Gasteiger charge is 2.30. The molecule has 10 heteroatoms. The summed E-state index contributed by atoms with van der Waals surface area (Å²) in [4.78, 5) is 37.7. The van der Waals surface area contributed by atoms with Crippen LogP contribution < -0.4 is 5.32 Å². The number of carbonyl (C=O) groups excluding carboxylic acids is 2. The molecule has 438 valence electrons. The number of amides is 1. The number of unbranched alkanes of at least 4 members (excludes halogenated alkanes) is 33. The van der Waals surface area contributed by atoms with E-state index in [1.54, 1.807) is 0 Å². The minimum absolute atomic E-state index is 0.0337. The van der Waals surface area contributed by atoms with E-state index in [0.717, 1.165) is 77.0 Å². The first-order valence-electron chi connectivity index (χ1n) is 31.6. The number of nitrogens with one attached hydrogen (secondary N) is 1. The van der Waals surface area contributed by atoms with Gasteiger partial charge in [-0.2, -0.15) is 0 Å². The highest BCUT2D eigenvalue weighted by Crippen LogP contribution is 2.43. The number of rotatable bonds is 57. The Morgan fingerprint density at radius 2 is 0.813 bits per heavy atom. The lowest BCUT2D eigenvalue weighted by Gasteiger charge is -2.27. The molecule has 0 aliphatic heterocycles. The van der Waals surface area contributed by atoms with Gasteiger partial charge in [-0.3, -0.25) is 18.6 Å². The third kappa shape index (κ3) is 56.2. The monoisotopic (exact) mass is 1070 g/mol. The van der Waals surface area contributed by atoms with Crippen molar-refractivity contribution in [2.75, 3.05) is 40.9 Å². The molecule has 0 fully saturated rings. The quantitative estimate of drug-likeness (QED) is 0.0205. The number of phosphoric ester groups is 1. The van der Waals surface area contributed by atoms with Crippen molar-refractivity contribution in [3.63, 3.8) is 0 Å². The summed E-state index contributed by atoms with van der Waals surface area (Å²) in [5.41, 5.74) is 0. The van der Waals surface area contributed by atoms with Gasteiger partial charge >= 0.3 is 13.8 Å². The van der Waals surface area contributed by atoms with Gasteiger partial charge in [0.15, 0.2) is 0 Å². The SMILES string of the molecule is CCCCC/C=C\C/C=C\C/C=C\C/C=C\CCCCCC(=O)NC(COP(=O)(O)OCC[N+](C)(C)C)C(/C=C/CCCCCCCCCCCCC)OC(=O)CCCCCCCCCCCCCCCCCCC. The van der Waals surface area contributed by atoms with Gasteiger partial charge in [0.1, 0.15) is 19.3 Å². The van der Waals surface area contributed by atoms with E-state index in [-0.39, 0.29) is 31.5 Å². The average molecular weight is 1070 g/mol. The molecule has 0 aromatic rings. The number of quaternary nitrogens is 1. The van der Waals surface area contributed by atoms with Crippen molar-refractivity contribution in [1.29, 1.82) is 0 Å². The summed E-state index contributed by atoms with van der Waals surface area (Å²) in [5, 5.41) is 3.04. The molecule has 3 unspecified atom stereocenters. The molecule has 0 heterocycles. The molecule has 0 aliphatic rings. The van der Waals surface area contributed by atoms with E-state index < -0.39 is 20.0 Å². The summed E-state index contributed by atoms with van der Waals surface area (Å²) >= 11 is 0. The van der Waals surface area contributed by atoms with Gasteiger partial charge in [-0.05, 0) is 76.7 Å². The fourth-order valence-corrected chi connectivity index (χ4v) is 9.78. The maximum Gasteiger partial charge on any atom is 0.472 e. The zero-order valence-corrected chi connectivity index (χ0v) is 50.9. The maximum absolute atomic E-state index is 13.5. The van der Waals surface area contributed by atoms with Gasteiger partial charge in [0.05, 0.1) is 33.8 Å². The predicted molar refractivity (Wildman–Crippen MR) is 323 cm³/mol. The summed E-state index contributed by atoms with van der Waals surface area (Å²) < 4.78 is 30.7. The van der Waals surface area contributed by atoms with E-state index in [9.17, 15) is 19.0 Å². The molecule has 0 spiro atoms. The maximum atomic E-state index is 13.5. The molecule has 75 heavy (non-hydrogen) atoms. The highest BCUT2D eigenvalue weighted by atomic mass is 31.2. The van der Waals surface area contributed by atoms with Crippen molar-refractivity contribution < 1.29 is 37.3 Å². The van der Waals surface area contributed by atoms with E-state index in [2.05, 4.69) is 74.7 Å². The number of hydrogen-bond donors (Lipinski definition) is 2. The second kappa shape index (κ2) is 55.0. The molecule has 3 atom stereocenters. The molecule has 0 bridgehead atoms. The van der Waals surface area contributed by atoms with E-state index in [0.29, 0.717) is 23.9 Å². The second-order valence-electron chi connectivity index (χ2n) is 22.6. The van der Waals surface area contributed by atoms with Crippen molar-refractivity contribution >= 4 is 19.7 Å². The topological polar surface area (TPSA) is 111 Å². The average Bonchev–Trinajstić information content (AvgIpc) is 3.37.